The van der Waals surface area contributed by atoms with Crippen LogP contribution in [0.25, 0.3) is 0 Å². The minimum atomic E-state index is -6.06. The molecule has 3 aliphatic rings. The Bertz CT molecular complexity index is 2510. The maximum absolute atomic E-state index is 14.2. The Kier molecular flexibility index (Phi) is 15.5. The van der Waals surface area contributed by atoms with Crippen molar-refractivity contribution in [2.45, 2.75) is 71.7 Å². The van der Waals surface area contributed by atoms with Crippen LogP contribution in [-0.4, -0.2) is 102 Å². The molecule has 0 spiro atoms. The van der Waals surface area contributed by atoms with Gasteiger partial charge in [0.15, 0.2) is 0 Å². The van der Waals surface area contributed by atoms with Crippen LogP contribution in [0.15, 0.2) is 124 Å². The van der Waals surface area contributed by atoms with E-state index in [4.69, 9.17) is 16.3 Å². The molecule has 1 saturated carbocycles. The van der Waals surface area contributed by atoms with Crippen LogP contribution in [0.5, 0.6) is 0 Å². The summed E-state index contributed by atoms with van der Waals surface area (Å²) < 4.78 is 103. The molecule has 4 aromatic carbocycles. The van der Waals surface area contributed by atoms with Crippen LogP contribution in [0.4, 0.5) is 24.5 Å². The second kappa shape index (κ2) is 20.7. The van der Waals surface area contributed by atoms with E-state index >= 15 is 0 Å². The first-order valence-electron chi connectivity index (χ1n) is 21.7. The number of hydrogen-bond donors (Lipinski definition) is 2. The maximum atomic E-state index is 14.2. The normalized spacial score (nSPS) is 20.0. The number of sulfone groups is 1. The molecule has 4 aromatic rings. The van der Waals surface area contributed by atoms with Gasteiger partial charge in [-0.15, -0.1) is 11.8 Å². The van der Waals surface area contributed by atoms with Gasteiger partial charge in [-0.1, -0.05) is 55.8 Å². The van der Waals surface area contributed by atoms with Crippen molar-refractivity contribution in [1.29, 1.82) is 0 Å². The lowest BCUT2D eigenvalue weighted by molar-refractivity contribution is -0.0435. The van der Waals surface area contributed by atoms with Gasteiger partial charge in [0.1, 0.15) is 4.90 Å². The summed E-state index contributed by atoms with van der Waals surface area (Å²) in [6.45, 7) is 10.0. The second-order valence-electron chi connectivity index (χ2n) is 17.6. The highest BCUT2D eigenvalue weighted by molar-refractivity contribution is 7.99. The van der Waals surface area contributed by atoms with Crippen molar-refractivity contribution in [3.05, 3.63) is 126 Å². The minimum absolute atomic E-state index is 0.0199. The summed E-state index contributed by atoms with van der Waals surface area (Å²) >= 11 is 7.64. The zero-order valence-corrected chi connectivity index (χ0v) is 39.5. The van der Waals surface area contributed by atoms with Gasteiger partial charge in [-0.3, -0.25) is 9.69 Å². The van der Waals surface area contributed by atoms with Crippen LogP contribution in [0, 0.1) is 11.3 Å². The van der Waals surface area contributed by atoms with E-state index in [1.165, 1.54) is 29.5 Å². The van der Waals surface area contributed by atoms with E-state index in [1.54, 1.807) is 12.1 Å². The Morgan fingerprint density at radius 3 is 2.28 bits per heavy atom. The standard InChI is InChI=1S/C47H55ClF3N5O6S3/c1-46(2)20-18-42(34-8-12-37(48)13-9-34)36(31-46)32-55-22-24-56(25-23-55)39-14-10-35(11-15-39)45(57)53-65(60,61)41-16-17-43(44(30-41)64(58,59)47(49,50)51)52-38(19-21-54-26-28-62-29-27-54)33-63-40-6-4-3-5-7-40/h3-17,22,24,30,36,38,42,52H,18-21,23,25-29,31-33H2,1-2H3,(H,53,57)/t36-,38+,42?/m0/s1. The molecule has 0 radical (unpaired) electrons. The molecule has 1 saturated heterocycles. The summed E-state index contributed by atoms with van der Waals surface area (Å²) in [7, 11) is -10.9. The molecule has 1 amide bonds. The number of alkyl halides is 3. The SMILES string of the molecule is CC1(C)CCC(c2ccc(Cl)cc2)[C@H](CN2C=CN(c3ccc(C(=O)NS(=O)(=O)c4ccc(N[C@H](CCN5CCOCC5)CSc5ccccc5)c(S(=O)(=O)C(F)(F)F)c4)cc3)CC2)C1. The van der Waals surface area contributed by atoms with E-state index in [2.05, 4.69) is 47.3 Å². The van der Waals surface area contributed by atoms with Gasteiger partial charge < -0.3 is 19.9 Å². The van der Waals surface area contributed by atoms with E-state index in [0.29, 0.717) is 69.5 Å². The Balaban J connectivity index is 1.02. The molecule has 2 heterocycles. The zero-order chi connectivity index (χ0) is 46.4. The van der Waals surface area contributed by atoms with Crippen LogP contribution in [0.1, 0.15) is 61.4 Å². The maximum Gasteiger partial charge on any atom is 0.501 e. The summed E-state index contributed by atoms with van der Waals surface area (Å²) in [4.78, 5) is 18.7. The van der Waals surface area contributed by atoms with E-state index in [9.17, 15) is 34.8 Å². The number of carbonyl (C=O) groups excluding carboxylic acids is 1. The molecular formula is C47H55ClF3N5O6S3. The molecule has 2 fully saturated rings. The minimum Gasteiger partial charge on any atom is -0.380 e. The summed E-state index contributed by atoms with van der Waals surface area (Å²) in [5, 5.41) is 3.72. The van der Waals surface area contributed by atoms with Gasteiger partial charge in [0, 0.05) is 84.6 Å². The number of nitrogens with zero attached hydrogens (tertiary/aromatic N) is 3. The van der Waals surface area contributed by atoms with Gasteiger partial charge in [-0.2, -0.15) is 13.2 Å². The van der Waals surface area contributed by atoms with E-state index < -0.39 is 52.8 Å². The van der Waals surface area contributed by atoms with Gasteiger partial charge in [0.05, 0.1) is 23.8 Å². The molecule has 18 heteroatoms. The number of hydrogen-bond acceptors (Lipinski definition) is 11. The Morgan fingerprint density at radius 1 is 0.908 bits per heavy atom. The third kappa shape index (κ3) is 12.6. The first kappa shape index (κ1) is 48.7. The van der Waals surface area contributed by atoms with Crippen molar-refractivity contribution in [2.24, 2.45) is 11.3 Å². The lowest BCUT2D eigenvalue weighted by atomic mass is 9.65. The highest BCUT2D eigenvalue weighted by atomic mass is 35.5. The molecular weight excluding hydrogens is 919 g/mol. The molecule has 3 atom stereocenters. The van der Waals surface area contributed by atoms with Crippen molar-refractivity contribution in [3.63, 3.8) is 0 Å². The number of morpholine rings is 1. The molecule has 7 rings (SSSR count). The van der Waals surface area contributed by atoms with E-state index in [-0.39, 0.29) is 11.0 Å². The number of amides is 1. The highest BCUT2D eigenvalue weighted by Gasteiger charge is 2.48. The monoisotopic (exact) mass is 973 g/mol. The molecule has 0 aromatic heterocycles. The molecule has 2 N–H and O–H groups in total. The molecule has 1 unspecified atom stereocenters. The Labute approximate surface area is 389 Å². The molecule has 65 heavy (non-hydrogen) atoms. The van der Waals surface area contributed by atoms with Gasteiger partial charge in [0.2, 0.25) is 0 Å². The van der Waals surface area contributed by atoms with Crippen molar-refractivity contribution < 1.29 is 39.5 Å². The number of nitrogens with one attached hydrogen (secondary N) is 2. The fourth-order valence-electron chi connectivity index (χ4n) is 8.78. The average Bonchev–Trinajstić information content (AvgIpc) is 3.28. The summed E-state index contributed by atoms with van der Waals surface area (Å²) in [6, 6.07) is 25.8. The Morgan fingerprint density at radius 2 is 1.62 bits per heavy atom. The highest BCUT2D eigenvalue weighted by Crippen LogP contribution is 2.47. The van der Waals surface area contributed by atoms with Crippen LogP contribution in [0.3, 0.4) is 0 Å². The van der Waals surface area contributed by atoms with E-state index in [0.717, 1.165) is 60.1 Å². The molecule has 2 aliphatic heterocycles. The van der Waals surface area contributed by atoms with Crippen LogP contribution < -0.4 is 14.9 Å². The average molecular weight is 975 g/mol. The predicted molar refractivity (Wildman–Crippen MR) is 251 cm³/mol. The smallest absolute Gasteiger partial charge is 0.380 e. The molecule has 350 valence electrons. The quantitative estimate of drug-likeness (QED) is 0.104. The van der Waals surface area contributed by atoms with Gasteiger partial charge in [0.25, 0.3) is 25.8 Å². The zero-order valence-electron chi connectivity index (χ0n) is 36.3. The lowest BCUT2D eigenvalue weighted by Crippen LogP contribution is -2.40. The third-order valence-electron chi connectivity index (χ3n) is 12.4. The van der Waals surface area contributed by atoms with Gasteiger partial charge >= 0.3 is 5.51 Å². The van der Waals surface area contributed by atoms with Gasteiger partial charge in [-0.25, -0.2) is 21.6 Å². The predicted octanol–water partition coefficient (Wildman–Crippen LogP) is 9.25. The number of sulfonamides is 1. The Hall–Kier alpha value is -4.26. The number of rotatable bonds is 16. The summed E-state index contributed by atoms with van der Waals surface area (Å²) in [6.07, 6.45) is 7.87. The van der Waals surface area contributed by atoms with E-state index in [1.807, 2.05) is 58.3 Å². The number of halogens is 4. The number of anilines is 2. The van der Waals surface area contributed by atoms with Crippen molar-refractivity contribution in [1.82, 2.24) is 14.5 Å². The second-order valence-corrected chi connectivity index (χ2v) is 22.7. The number of thioether (sulfide) groups is 1. The van der Waals surface area contributed by atoms with Gasteiger partial charge in [-0.05, 0) is 115 Å². The summed E-state index contributed by atoms with van der Waals surface area (Å²) in [5.41, 5.74) is -3.83. The third-order valence-corrected chi connectivity index (χ3v) is 16.6. The largest absolute Gasteiger partial charge is 0.501 e. The van der Waals surface area contributed by atoms with Crippen LogP contribution in [-0.2, 0) is 24.6 Å². The molecule has 0 bridgehead atoms. The lowest BCUT2D eigenvalue weighted by Gasteiger charge is -2.44. The molecule has 11 nitrogen and oxygen atoms in total. The number of carbonyl (C=O) groups is 1. The fourth-order valence-corrected chi connectivity index (χ4v) is 11.9. The first-order chi connectivity index (χ1) is 30.9. The van der Waals surface area contributed by atoms with Crippen molar-refractivity contribution in [2.75, 3.05) is 68.5 Å². The van der Waals surface area contributed by atoms with Crippen molar-refractivity contribution >= 4 is 60.5 Å². The van der Waals surface area contributed by atoms with Crippen LogP contribution >= 0.6 is 23.4 Å². The summed E-state index contributed by atoms with van der Waals surface area (Å²) in [5.74, 6) is 0.222. The number of ether oxygens (including phenoxy) is 1. The fraction of sp³-hybridized carbons (Fsp3) is 0.426. The number of benzene rings is 4. The van der Waals surface area contributed by atoms with Crippen LogP contribution in [0.2, 0.25) is 5.02 Å². The first-order valence-corrected chi connectivity index (χ1v) is 26.0. The molecule has 1 aliphatic carbocycles. The van der Waals surface area contributed by atoms with Crippen molar-refractivity contribution in [3.8, 4) is 0 Å². The topological polar surface area (TPSA) is 128 Å².